The van der Waals surface area contributed by atoms with Gasteiger partial charge in [0.1, 0.15) is 0 Å². The number of hydrogen-bond donors (Lipinski definition) is 1. The SMILES string of the molecule is CN1CCN(c2c(F)c(NC3CC3)cc(F)c2[N+](=O)[O-])CC1. The topological polar surface area (TPSA) is 61.6 Å². The largest absolute Gasteiger partial charge is 0.380 e. The van der Waals surface area contributed by atoms with E-state index in [1.54, 1.807) is 4.90 Å². The number of rotatable bonds is 4. The highest BCUT2D eigenvalue weighted by molar-refractivity contribution is 5.72. The molecule has 0 spiro atoms. The number of anilines is 2. The molecule has 6 nitrogen and oxygen atoms in total. The Balaban J connectivity index is 2.03. The van der Waals surface area contributed by atoms with Crippen LogP contribution in [0.1, 0.15) is 12.8 Å². The van der Waals surface area contributed by atoms with Gasteiger partial charge in [-0.05, 0) is 19.9 Å². The fourth-order valence-corrected chi connectivity index (χ4v) is 2.65. The van der Waals surface area contributed by atoms with Crippen LogP contribution in [0.15, 0.2) is 6.07 Å². The number of likely N-dealkylation sites (N-methyl/N-ethyl adjacent to an activating group) is 1. The summed E-state index contributed by atoms with van der Waals surface area (Å²) >= 11 is 0. The Morgan fingerprint density at radius 3 is 2.45 bits per heavy atom. The molecule has 0 radical (unpaired) electrons. The summed E-state index contributed by atoms with van der Waals surface area (Å²) in [6, 6.07) is 1.03. The Labute approximate surface area is 126 Å². The van der Waals surface area contributed by atoms with E-state index in [0.717, 1.165) is 18.9 Å². The molecule has 8 heteroatoms. The van der Waals surface area contributed by atoms with Crippen LogP contribution in [0, 0.1) is 21.7 Å². The smallest absolute Gasteiger partial charge is 0.331 e. The van der Waals surface area contributed by atoms with Gasteiger partial charge in [-0.25, -0.2) is 4.39 Å². The molecule has 1 aromatic rings. The van der Waals surface area contributed by atoms with Crippen molar-refractivity contribution >= 4 is 17.1 Å². The lowest BCUT2D eigenvalue weighted by Gasteiger charge is -2.34. The minimum atomic E-state index is -0.997. The number of benzene rings is 1. The summed E-state index contributed by atoms with van der Waals surface area (Å²) in [5, 5.41) is 14.1. The predicted octanol–water partition coefficient (Wildman–Crippen LogP) is 2.20. The van der Waals surface area contributed by atoms with E-state index in [1.165, 1.54) is 0 Å². The summed E-state index contributed by atoms with van der Waals surface area (Å²) in [6.07, 6.45) is 1.81. The fourth-order valence-electron chi connectivity index (χ4n) is 2.65. The van der Waals surface area contributed by atoms with Gasteiger partial charge in [-0.2, -0.15) is 4.39 Å². The van der Waals surface area contributed by atoms with Crippen molar-refractivity contribution in [2.45, 2.75) is 18.9 Å². The van der Waals surface area contributed by atoms with Crippen LogP contribution < -0.4 is 10.2 Å². The maximum absolute atomic E-state index is 14.8. The number of nitrogens with zero attached hydrogens (tertiary/aromatic N) is 3. The van der Waals surface area contributed by atoms with Crippen molar-refractivity contribution in [2.75, 3.05) is 43.4 Å². The summed E-state index contributed by atoms with van der Waals surface area (Å²) in [5.74, 6) is -1.73. The van der Waals surface area contributed by atoms with Crippen LogP contribution in [0.2, 0.25) is 0 Å². The Hall–Kier alpha value is -1.96. The van der Waals surface area contributed by atoms with E-state index in [9.17, 15) is 18.9 Å². The number of piperazine rings is 1. The lowest BCUT2D eigenvalue weighted by Crippen LogP contribution is -2.45. The highest BCUT2D eigenvalue weighted by Crippen LogP contribution is 2.39. The van der Waals surface area contributed by atoms with E-state index in [4.69, 9.17) is 0 Å². The van der Waals surface area contributed by atoms with E-state index >= 15 is 0 Å². The Kier molecular flexibility index (Phi) is 3.86. The van der Waals surface area contributed by atoms with E-state index in [2.05, 4.69) is 5.32 Å². The number of nitro benzene ring substituents is 1. The van der Waals surface area contributed by atoms with Gasteiger partial charge < -0.3 is 15.1 Å². The molecule has 0 bridgehead atoms. The van der Waals surface area contributed by atoms with Crippen molar-refractivity contribution in [3.8, 4) is 0 Å². The van der Waals surface area contributed by atoms with Crippen LogP contribution in [-0.2, 0) is 0 Å². The second-order valence-electron chi connectivity index (χ2n) is 5.88. The second-order valence-corrected chi connectivity index (χ2v) is 5.88. The van der Waals surface area contributed by atoms with E-state index in [1.807, 2.05) is 11.9 Å². The molecule has 3 rings (SSSR count). The maximum Gasteiger partial charge on any atom is 0.331 e. The quantitative estimate of drug-likeness (QED) is 0.682. The minimum absolute atomic E-state index is 0.0135. The Bertz CT molecular complexity index is 599. The first-order valence-corrected chi connectivity index (χ1v) is 7.33. The van der Waals surface area contributed by atoms with Gasteiger partial charge >= 0.3 is 5.69 Å². The molecule has 1 aromatic carbocycles. The van der Waals surface area contributed by atoms with Crippen molar-refractivity contribution in [2.24, 2.45) is 0 Å². The summed E-state index contributed by atoms with van der Waals surface area (Å²) in [5.41, 5.74) is -0.996. The summed E-state index contributed by atoms with van der Waals surface area (Å²) in [6.45, 7) is 2.16. The van der Waals surface area contributed by atoms with E-state index in [-0.39, 0.29) is 17.4 Å². The molecule has 1 aliphatic heterocycles. The van der Waals surface area contributed by atoms with Gasteiger partial charge in [0.25, 0.3) is 0 Å². The third kappa shape index (κ3) is 2.83. The van der Waals surface area contributed by atoms with Gasteiger partial charge in [0, 0.05) is 38.3 Å². The Morgan fingerprint density at radius 1 is 1.27 bits per heavy atom. The molecule has 0 atom stereocenters. The van der Waals surface area contributed by atoms with Gasteiger partial charge in [0.15, 0.2) is 11.5 Å². The zero-order chi connectivity index (χ0) is 15.9. The van der Waals surface area contributed by atoms with Gasteiger partial charge in [-0.1, -0.05) is 0 Å². The lowest BCUT2D eigenvalue weighted by molar-refractivity contribution is -0.386. The van der Waals surface area contributed by atoms with Gasteiger partial charge in [0.05, 0.1) is 10.6 Å². The maximum atomic E-state index is 14.8. The van der Waals surface area contributed by atoms with Crippen molar-refractivity contribution < 1.29 is 13.7 Å². The highest BCUT2D eigenvalue weighted by Gasteiger charge is 2.33. The van der Waals surface area contributed by atoms with Crippen LogP contribution in [-0.4, -0.2) is 49.1 Å². The van der Waals surface area contributed by atoms with Gasteiger partial charge in [-0.15, -0.1) is 0 Å². The van der Waals surface area contributed by atoms with Crippen LogP contribution >= 0.6 is 0 Å². The molecule has 0 amide bonds. The molecule has 2 fully saturated rings. The van der Waals surface area contributed by atoms with Crippen LogP contribution in [0.4, 0.5) is 25.8 Å². The normalized spacial score (nSPS) is 19.3. The lowest BCUT2D eigenvalue weighted by atomic mass is 10.1. The molecule has 2 aliphatic rings. The Morgan fingerprint density at radius 2 is 1.91 bits per heavy atom. The van der Waals surface area contributed by atoms with Crippen molar-refractivity contribution in [3.63, 3.8) is 0 Å². The minimum Gasteiger partial charge on any atom is -0.380 e. The second kappa shape index (κ2) is 5.68. The van der Waals surface area contributed by atoms with Crippen LogP contribution in [0.3, 0.4) is 0 Å². The van der Waals surface area contributed by atoms with Crippen LogP contribution in [0.25, 0.3) is 0 Å². The number of nitrogens with one attached hydrogen (secondary N) is 1. The first kappa shape index (κ1) is 15.0. The van der Waals surface area contributed by atoms with Crippen molar-refractivity contribution in [1.29, 1.82) is 0 Å². The monoisotopic (exact) mass is 312 g/mol. The predicted molar refractivity (Wildman–Crippen MR) is 79.4 cm³/mol. The fraction of sp³-hybridized carbons (Fsp3) is 0.571. The average Bonchev–Trinajstić information content (AvgIpc) is 3.27. The zero-order valence-electron chi connectivity index (χ0n) is 12.3. The zero-order valence-corrected chi connectivity index (χ0v) is 12.3. The molecule has 120 valence electrons. The molecule has 1 saturated heterocycles. The van der Waals surface area contributed by atoms with E-state index in [0.29, 0.717) is 26.2 Å². The molecular weight excluding hydrogens is 294 g/mol. The first-order valence-electron chi connectivity index (χ1n) is 7.33. The summed E-state index contributed by atoms with van der Waals surface area (Å²) in [4.78, 5) is 14.0. The molecular formula is C14H18F2N4O2. The van der Waals surface area contributed by atoms with Crippen molar-refractivity contribution in [1.82, 2.24) is 4.90 Å². The molecule has 1 saturated carbocycles. The molecule has 0 unspecified atom stereocenters. The summed E-state index contributed by atoms with van der Waals surface area (Å²) in [7, 11) is 1.92. The van der Waals surface area contributed by atoms with Gasteiger partial charge in [-0.3, -0.25) is 10.1 Å². The standard InChI is InChI=1S/C14H18F2N4O2/c1-18-4-6-19(7-5-18)14-12(16)11(17-9-2-3-9)8-10(15)13(14)20(21)22/h8-9,17H,2-7H2,1H3. The first-order chi connectivity index (χ1) is 10.5. The van der Waals surface area contributed by atoms with Crippen molar-refractivity contribution in [3.05, 3.63) is 27.8 Å². The third-order valence-electron chi connectivity index (χ3n) is 4.11. The number of hydrogen-bond acceptors (Lipinski definition) is 5. The molecule has 1 heterocycles. The highest BCUT2D eigenvalue weighted by atomic mass is 19.1. The average molecular weight is 312 g/mol. The number of halogens is 2. The molecule has 1 N–H and O–H groups in total. The molecule has 0 aromatic heterocycles. The molecule has 22 heavy (non-hydrogen) atoms. The summed E-state index contributed by atoms with van der Waals surface area (Å²) < 4.78 is 28.9. The van der Waals surface area contributed by atoms with Gasteiger partial charge in [0.2, 0.25) is 5.82 Å². The van der Waals surface area contributed by atoms with Crippen LogP contribution in [0.5, 0.6) is 0 Å². The number of nitro groups is 1. The van der Waals surface area contributed by atoms with E-state index < -0.39 is 22.2 Å². The molecule has 1 aliphatic carbocycles. The third-order valence-corrected chi connectivity index (χ3v) is 4.11.